The molecule has 1 aromatic heterocycles. The molecule has 21 heavy (non-hydrogen) atoms. The Labute approximate surface area is 122 Å². The lowest BCUT2D eigenvalue weighted by atomic mass is 9.91. The summed E-state index contributed by atoms with van der Waals surface area (Å²) in [5.74, 6) is 0.602. The van der Waals surface area contributed by atoms with Crippen molar-refractivity contribution in [3.63, 3.8) is 0 Å². The first-order valence-corrected chi connectivity index (χ1v) is 7.06. The van der Waals surface area contributed by atoms with Crippen molar-refractivity contribution in [1.29, 1.82) is 0 Å². The highest BCUT2D eigenvalue weighted by molar-refractivity contribution is 5.80. The molecule has 3 heteroatoms. The number of aromatic amines is 1. The molecule has 0 fully saturated rings. The van der Waals surface area contributed by atoms with E-state index in [9.17, 15) is 4.79 Å². The molecule has 0 radical (unpaired) electrons. The van der Waals surface area contributed by atoms with E-state index in [1.165, 1.54) is 0 Å². The van der Waals surface area contributed by atoms with Gasteiger partial charge in [0.15, 0.2) is 11.3 Å². The van der Waals surface area contributed by atoms with Crippen molar-refractivity contribution >= 4 is 10.9 Å². The van der Waals surface area contributed by atoms with E-state index in [1.54, 1.807) is 0 Å². The topological polar surface area (TPSA) is 42.1 Å². The van der Waals surface area contributed by atoms with E-state index in [0.29, 0.717) is 12.3 Å². The average Bonchev–Trinajstić information content (AvgIpc) is 2.87. The fraction of sp³-hybridized carbons (Fsp3) is 0.167. The van der Waals surface area contributed by atoms with Gasteiger partial charge in [0.05, 0.1) is 11.1 Å². The Bertz CT molecular complexity index is 883. The Hall–Kier alpha value is -2.55. The minimum absolute atomic E-state index is 0.0685. The summed E-state index contributed by atoms with van der Waals surface area (Å²) in [6.45, 7) is 2.03. The van der Waals surface area contributed by atoms with Crippen LogP contribution in [0, 0.1) is 0 Å². The predicted octanol–water partition coefficient (Wildman–Crippen LogP) is 3.38. The number of hydrogen-bond donors (Lipinski definition) is 1. The van der Waals surface area contributed by atoms with Crippen LogP contribution in [0.4, 0.5) is 0 Å². The van der Waals surface area contributed by atoms with Gasteiger partial charge in [-0.2, -0.15) is 0 Å². The highest BCUT2D eigenvalue weighted by atomic mass is 16.5. The smallest absolute Gasteiger partial charge is 0.199 e. The van der Waals surface area contributed by atoms with Crippen molar-refractivity contribution in [1.82, 2.24) is 4.98 Å². The fourth-order valence-electron chi connectivity index (χ4n) is 3.05. The van der Waals surface area contributed by atoms with E-state index in [2.05, 4.69) is 4.98 Å². The van der Waals surface area contributed by atoms with Crippen LogP contribution in [0.1, 0.15) is 18.1 Å². The van der Waals surface area contributed by atoms with Crippen LogP contribution in [-0.4, -0.2) is 4.98 Å². The van der Waals surface area contributed by atoms with Crippen LogP contribution >= 0.6 is 0 Å². The SMILES string of the molecule is CC1(c2ccccc2)Cc2c([nH]c3ccccc3c2=O)O1. The number of aromatic nitrogens is 1. The summed E-state index contributed by atoms with van der Waals surface area (Å²) >= 11 is 0. The molecule has 2 heterocycles. The third kappa shape index (κ3) is 1.77. The maximum Gasteiger partial charge on any atom is 0.199 e. The molecule has 1 unspecified atom stereocenters. The molecular weight excluding hydrogens is 262 g/mol. The van der Waals surface area contributed by atoms with Gasteiger partial charge in [0.2, 0.25) is 0 Å². The van der Waals surface area contributed by atoms with Crippen LogP contribution in [0.15, 0.2) is 59.4 Å². The van der Waals surface area contributed by atoms with Gasteiger partial charge in [-0.05, 0) is 24.6 Å². The Morgan fingerprint density at radius 2 is 1.76 bits per heavy atom. The number of benzene rings is 2. The van der Waals surface area contributed by atoms with Crippen LogP contribution in [-0.2, 0) is 12.0 Å². The zero-order chi connectivity index (χ0) is 14.4. The van der Waals surface area contributed by atoms with Gasteiger partial charge in [0, 0.05) is 11.8 Å². The van der Waals surface area contributed by atoms with Gasteiger partial charge in [-0.3, -0.25) is 4.79 Å². The highest BCUT2D eigenvalue weighted by Crippen LogP contribution is 2.39. The summed E-state index contributed by atoms with van der Waals surface area (Å²) in [4.78, 5) is 15.9. The predicted molar refractivity (Wildman–Crippen MR) is 82.7 cm³/mol. The third-order valence-corrected chi connectivity index (χ3v) is 4.19. The van der Waals surface area contributed by atoms with Gasteiger partial charge in [-0.15, -0.1) is 0 Å². The summed E-state index contributed by atoms with van der Waals surface area (Å²) in [5.41, 5.74) is 2.21. The molecular formula is C18H15NO2. The molecule has 0 saturated heterocycles. The molecule has 2 aromatic carbocycles. The Kier molecular flexibility index (Phi) is 2.45. The van der Waals surface area contributed by atoms with Crippen LogP contribution in [0.3, 0.4) is 0 Å². The molecule has 1 aliphatic heterocycles. The number of fused-ring (bicyclic) bond motifs is 2. The first-order chi connectivity index (χ1) is 10.2. The number of hydrogen-bond acceptors (Lipinski definition) is 2. The quantitative estimate of drug-likeness (QED) is 0.741. The summed E-state index contributed by atoms with van der Waals surface area (Å²) in [6, 6.07) is 17.6. The van der Waals surface area contributed by atoms with Crippen molar-refractivity contribution in [2.45, 2.75) is 18.9 Å². The first-order valence-electron chi connectivity index (χ1n) is 7.06. The first kappa shape index (κ1) is 12.2. The molecule has 0 aliphatic carbocycles. The van der Waals surface area contributed by atoms with E-state index in [4.69, 9.17) is 4.74 Å². The van der Waals surface area contributed by atoms with Crippen molar-refractivity contribution in [3.8, 4) is 5.88 Å². The van der Waals surface area contributed by atoms with E-state index < -0.39 is 5.60 Å². The lowest BCUT2D eigenvalue weighted by molar-refractivity contribution is 0.111. The van der Waals surface area contributed by atoms with Gasteiger partial charge in [-0.1, -0.05) is 42.5 Å². The van der Waals surface area contributed by atoms with Gasteiger partial charge in [0.1, 0.15) is 5.60 Å². The molecule has 4 rings (SSSR count). The molecule has 3 nitrogen and oxygen atoms in total. The minimum Gasteiger partial charge on any atom is -0.467 e. The van der Waals surface area contributed by atoms with E-state index >= 15 is 0 Å². The summed E-state index contributed by atoms with van der Waals surface area (Å²) in [6.07, 6.45) is 0.590. The number of rotatable bonds is 1. The monoisotopic (exact) mass is 277 g/mol. The van der Waals surface area contributed by atoms with Crippen molar-refractivity contribution in [3.05, 3.63) is 75.9 Å². The van der Waals surface area contributed by atoms with Gasteiger partial charge in [0.25, 0.3) is 0 Å². The van der Waals surface area contributed by atoms with Crippen LogP contribution in [0.5, 0.6) is 5.88 Å². The van der Waals surface area contributed by atoms with Gasteiger partial charge >= 0.3 is 0 Å². The molecule has 0 spiro atoms. The average molecular weight is 277 g/mol. The standard InChI is InChI=1S/C18H15NO2/c1-18(12-7-3-2-4-8-12)11-14-16(20)13-9-5-6-10-15(13)19-17(14)21-18/h2-10H,11H2,1H3,(H,19,20). The van der Waals surface area contributed by atoms with Gasteiger partial charge < -0.3 is 9.72 Å². The van der Waals surface area contributed by atoms with Gasteiger partial charge in [-0.25, -0.2) is 0 Å². The van der Waals surface area contributed by atoms with E-state index in [1.807, 2.05) is 61.5 Å². The molecule has 104 valence electrons. The molecule has 1 aliphatic rings. The molecule has 1 N–H and O–H groups in total. The lowest BCUT2D eigenvalue weighted by Gasteiger charge is -2.23. The van der Waals surface area contributed by atoms with Crippen molar-refractivity contribution in [2.24, 2.45) is 0 Å². The van der Waals surface area contributed by atoms with Crippen LogP contribution in [0.25, 0.3) is 10.9 Å². The van der Waals surface area contributed by atoms with Crippen molar-refractivity contribution in [2.75, 3.05) is 0 Å². The number of ether oxygens (including phenoxy) is 1. The number of nitrogens with one attached hydrogen (secondary N) is 1. The normalized spacial score (nSPS) is 20.2. The Morgan fingerprint density at radius 3 is 2.57 bits per heavy atom. The van der Waals surface area contributed by atoms with E-state index in [0.717, 1.165) is 22.0 Å². The maximum atomic E-state index is 12.6. The van der Waals surface area contributed by atoms with Crippen LogP contribution < -0.4 is 10.2 Å². The number of H-pyrrole nitrogens is 1. The summed E-state index contributed by atoms with van der Waals surface area (Å²) in [5, 5.41) is 0.720. The molecule has 1 atom stereocenters. The highest BCUT2D eigenvalue weighted by Gasteiger charge is 2.38. The lowest BCUT2D eigenvalue weighted by Crippen LogP contribution is -2.27. The Balaban J connectivity index is 1.89. The Morgan fingerprint density at radius 1 is 1.05 bits per heavy atom. The molecule has 0 amide bonds. The maximum absolute atomic E-state index is 12.6. The second-order valence-electron chi connectivity index (χ2n) is 5.68. The molecule has 0 bridgehead atoms. The summed E-state index contributed by atoms with van der Waals surface area (Å²) < 4.78 is 6.11. The summed E-state index contributed by atoms with van der Waals surface area (Å²) in [7, 11) is 0. The molecule has 0 saturated carbocycles. The zero-order valence-electron chi connectivity index (χ0n) is 11.7. The largest absolute Gasteiger partial charge is 0.467 e. The number of pyridine rings is 1. The second-order valence-corrected chi connectivity index (χ2v) is 5.68. The zero-order valence-corrected chi connectivity index (χ0v) is 11.7. The van der Waals surface area contributed by atoms with Crippen molar-refractivity contribution < 1.29 is 4.74 Å². The molecule has 3 aromatic rings. The minimum atomic E-state index is -0.489. The van der Waals surface area contributed by atoms with Crippen LogP contribution in [0.2, 0.25) is 0 Å². The second kappa shape index (κ2) is 4.22. The number of para-hydroxylation sites is 1. The third-order valence-electron chi connectivity index (χ3n) is 4.19. The van der Waals surface area contributed by atoms with E-state index in [-0.39, 0.29) is 5.43 Å². The fourth-order valence-corrected chi connectivity index (χ4v) is 3.05.